The van der Waals surface area contributed by atoms with Gasteiger partial charge in [0.1, 0.15) is 13.2 Å². The van der Waals surface area contributed by atoms with Crippen molar-refractivity contribution < 1.29 is 28.6 Å². The van der Waals surface area contributed by atoms with E-state index in [4.69, 9.17) is 14.2 Å². The van der Waals surface area contributed by atoms with Crippen LogP contribution in [-0.2, 0) is 28.6 Å². The van der Waals surface area contributed by atoms with Gasteiger partial charge in [0, 0.05) is 19.3 Å². The Morgan fingerprint density at radius 3 is 0.827 bits per heavy atom. The minimum absolute atomic E-state index is 0.101. The SMILES string of the molecule is CC/C=C\C/C=C\C/C=C\C/C=C\C/C=C\C/C=C\C/C=C\CCCCCCCC(=O)OCC(COC(=O)CCCCCCCCCCCCC)OC(=O)CCCCC/C=C\C/C=C\C/C=C\C/C=C\C/C=C\CC. The lowest BCUT2D eigenvalue weighted by Gasteiger charge is -2.18. The molecule has 6 nitrogen and oxygen atoms in total. The highest BCUT2D eigenvalue weighted by molar-refractivity contribution is 5.71. The third-order valence-corrected chi connectivity index (χ3v) is 12.3. The van der Waals surface area contributed by atoms with E-state index in [2.05, 4.69) is 167 Å². The second-order valence-electron chi connectivity index (χ2n) is 19.5. The van der Waals surface area contributed by atoms with Crippen LogP contribution in [0.25, 0.3) is 0 Å². The largest absolute Gasteiger partial charge is 0.462 e. The first-order valence-corrected chi connectivity index (χ1v) is 30.3. The number of carbonyl (C=O) groups is 3. The van der Waals surface area contributed by atoms with Crippen LogP contribution in [-0.4, -0.2) is 37.2 Å². The zero-order valence-corrected chi connectivity index (χ0v) is 48.3. The third-order valence-electron chi connectivity index (χ3n) is 12.3. The van der Waals surface area contributed by atoms with E-state index in [9.17, 15) is 14.4 Å². The van der Waals surface area contributed by atoms with Gasteiger partial charge in [-0.3, -0.25) is 14.4 Å². The smallest absolute Gasteiger partial charge is 0.306 e. The molecule has 1 unspecified atom stereocenters. The van der Waals surface area contributed by atoms with Gasteiger partial charge in [-0.05, 0) is 122 Å². The second kappa shape index (κ2) is 61.8. The van der Waals surface area contributed by atoms with E-state index in [1.807, 2.05) is 0 Å². The van der Waals surface area contributed by atoms with Crippen LogP contribution in [0.1, 0.15) is 252 Å². The maximum atomic E-state index is 12.9. The summed E-state index contributed by atoms with van der Waals surface area (Å²) in [6, 6.07) is 0. The van der Waals surface area contributed by atoms with E-state index in [1.165, 1.54) is 51.4 Å². The Morgan fingerprint density at radius 2 is 0.520 bits per heavy atom. The van der Waals surface area contributed by atoms with Crippen molar-refractivity contribution in [1.29, 1.82) is 0 Å². The number of rotatable bonds is 53. The van der Waals surface area contributed by atoms with E-state index in [-0.39, 0.29) is 37.5 Å². The highest BCUT2D eigenvalue weighted by Crippen LogP contribution is 2.14. The highest BCUT2D eigenvalue weighted by atomic mass is 16.6. The van der Waals surface area contributed by atoms with Crippen LogP contribution in [0.2, 0.25) is 0 Å². The summed E-state index contributed by atoms with van der Waals surface area (Å²) in [5, 5.41) is 0. The molecule has 0 bridgehead atoms. The number of carbonyl (C=O) groups excluding carboxylic acids is 3. The zero-order valence-electron chi connectivity index (χ0n) is 48.3. The Labute approximate surface area is 461 Å². The quantitative estimate of drug-likeness (QED) is 0.0261. The predicted octanol–water partition coefficient (Wildman–Crippen LogP) is 20.8. The first kappa shape index (κ1) is 70.3. The summed E-state index contributed by atoms with van der Waals surface area (Å²) in [5.41, 5.74) is 0. The van der Waals surface area contributed by atoms with Crippen LogP contribution >= 0.6 is 0 Å². The molecule has 422 valence electrons. The van der Waals surface area contributed by atoms with Crippen LogP contribution in [0.5, 0.6) is 0 Å². The molecule has 0 aliphatic carbocycles. The van der Waals surface area contributed by atoms with E-state index < -0.39 is 6.10 Å². The molecule has 6 heteroatoms. The Kier molecular flexibility index (Phi) is 58.0. The maximum Gasteiger partial charge on any atom is 0.306 e. The normalized spacial score (nSPS) is 13.2. The summed E-state index contributed by atoms with van der Waals surface area (Å²) >= 11 is 0. The number of allylic oxidation sites excluding steroid dienone is 24. The molecule has 0 rings (SSSR count). The lowest BCUT2D eigenvalue weighted by atomic mass is 10.1. The van der Waals surface area contributed by atoms with Gasteiger partial charge < -0.3 is 14.2 Å². The molecule has 1 atom stereocenters. The summed E-state index contributed by atoms with van der Waals surface area (Å²) in [4.78, 5) is 38.2. The Bertz CT molecular complexity index is 1660. The fourth-order valence-electron chi connectivity index (χ4n) is 7.86. The average Bonchev–Trinajstić information content (AvgIpc) is 3.41. The van der Waals surface area contributed by atoms with Crippen molar-refractivity contribution in [1.82, 2.24) is 0 Å². The van der Waals surface area contributed by atoms with Gasteiger partial charge in [0.25, 0.3) is 0 Å². The van der Waals surface area contributed by atoms with Gasteiger partial charge in [0.05, 0.1) is 0 Å². The Hall–Kier alpha value is -4.71. The van der Waals surface area contributed by atoms with Crippen molar-refractivity contribution in [2.75, 3.05) is 13.2 Å². The Morgan fingerprint density at radius 1 is 0.280 bits per heavy atom. The van der Waals surface area contributed by atoms with E-state index in [1.54, 1.807) is 0 Å². The molecular weight excluding hydrogens is 925 g/mol. The Balaban J connectivity index is 4.42. The van der Waals surface area contributed by atoms with Crippen LogP contribution < -0.4 is 0 Å². The molecule has 0 saturated heterocycles. The second-order valence-corrected chi connectivity index (χ2v) is 19.5. The van der Waals surface area contributed by atoms with Gasteiger partial charge in [-0.15, -0.1) is 0 Å². The molecule has 0 aliphatic heterocycles. The summed E-state index contributed by atoms with van der Waals surface area (Å²) < 4.78 is 16.8. The first-order chi connectivity index (χ1) is 37.0. The maximum absolute atomic E-state index is 12.9. The minimum Gasteiger partial charge on any atom is -0.462 e. The predicted molar refractivity (Wildman–Crippen MR) is 325 cm³/mol. The number of esters is 3. The minimum atomic E-state index is -0.809. The summed E-state index contributed by atoms with van der Waals surface area (Å²) in [7, 11) is 0. The van der Waals surface area contributed by atoms with Crippen molar-refractivity contribution in [3.63, 3.8) is 0 Å². The van der Waals surface area contributed by atoms with Gasteiger partial charge in [-0.25, -0.2) is 0 Å². The molecule has 0 aromatic heterocycles. The molecule has 75 heavy (non-hydrogen) atoms. The molecule has 0 radical (unpaired) electrons. The van der Waals surface area contributed by atoms with Crippen LogP contribution in [0.3, 0.4) is 0 Å². The van der Waals surface area contributed by atoms with Crippen molar-refractivity contribution in [2.24, 2.45) is 0 Å². The van der Waals surface area contributed by atoms with Gasteiger partial charge in [-0.1, -0.05) is 256 Å². The summed E-state index contributed by atoms with van der Waals surface area (Å²) in [6.45, 7) is 6.35. The van der Waals surface area contributed by atoms with E-state index in [0.29, 0.717) is 12.8 Å². The fraction of sp³-hybridized carbons (Fsp3) is 0.609. The lowest BCUT2D eigenvalue weighted by Crippen LogP contribution is -2.30. The molecule has 0 fully saturated rings. The third kappa shape index (κ3) is 60.0. The first-order valence-electron chi connectivity index (χ1n) is 30.3. The van der Waals surface area contributed by atoms with E-state index in [0.717, 1.165) is 161 Å². The van der Waals surface area contributed by atoms with Gasteiger partial charge in [0.2, 0.25) is 0 Å². The highest BCUT2D eigenvalue weighted by Gasteiger charge is 2.19. The van der Waals surface area contributed by atoms with Gasteiger partial charge in [-0.2, -0.15) is 0 Å². The topological polar surface area (TPSA) is 78.9 Å². The van der Waals surface area contributed by atoms with Crippen LogP contribution in [0, 0.1) is 0 Å². The van der Waals surface area contributed by atoms with Gasteiger partial charge >= 0.3 is 17.9 Å². The zero-order chi connectivity index (χ0) is 54.3. The van der Waals surface area contributed by atoms with Crippen LogP contribution in [0.15, 0.2) is 146 Å². The monoisotopic (exact) mass is 1030 g/mol. The number of hydrogen-bond acceptors (Lipinski definition) is 6. The average molecular weight is 1040 g/mol. The molecule has 0 N–H and O–H groups in total. The van der Waals surface area contributed by atoms with Crippen molar-refractivity contribution in [2.45, 2.75) is 258 Å². The molecule has 0 aromatic carbocycles. The summed E-state index contributed by atoms with van der Waals surface area (Å²) in [6.07, 6.45) is 88.4. The lowest BCUT2D eigenvalue weighted by molar-refractivity contribution is -0.167. The van der Waals surface area contributed by atoms with Crippen molar-refractivity contribution in [3.05, 3.63) is 146 Å². The van der Waals surface area contributed by atoms with Crippen molar-refractivity contribution >= 4 is 17.9 Å². The molecule has 0 spiro atoms. The molecule has 0 heterocycles. The standard InChI is InChI=1S/C69H110O6/c1-4-7-10-13-16-19-22-24-26-28-30-31-32-33-34-35-36-37-39-40-42-44-47-50-53-56-59-62-68(71)74-65-66(64-73-67(70)61-58-55-52-49-46-21-18-15-12-9-6-3)75-69(72)63-60-57-54-51-48-45-43-41-38-29-27-25-23-20-17-14-11-8-5-2/h7-8,10-11,16-17,19-20,24-27,30-31,33-34,36-38,40-42,45,48,66H,4-6,9,12-15,18,21-23,28-29,32,35,39,43-44,46-47,49-65H2,1-3H3/b10-7-,11-8-,19-16-,20-17-,26-24-,27-25-,31-30-,34-33-,37-36-,41-38-,42-40-,48-45-. The molecule has 0 amide bonds. The van der Waals surface area contributed by atoms with E-state index >= 15 is 0 Å². The molecule has 0 aromatic rings. The van der Waals surface area contributed by atoms with Crippen LogP contribution in [0.4, 0.5) is 0 Å². The summed E-state index contributed by atoms with van der Waals surface area (Å²) in [5.74, 6) is -0.958. The molecular formula is C69H110O6. The molecule has 0 aliphatic rings. The van der Waals surface area contributed by atoms with Crippen molar-refractivity contribution in [3.8, 4) is 0 Å². The van der Waals surface area contributed by atoms with Gasteiger partial charge in [0.15, 0.2) is 6.10 Å². The number of ether oxygens (including phenoxy) is 3. The number of hydrogen-bond donors (Lipinski definition) is 0. The molecule has 0 saturated carbocycles. The number of unbranched alkanes of at least 4 members (excludes halogenated alkanes) is 18. The fourth-order valence-corrected chi connectivity index (χ4v) is 7.86.